The SMILES string of the molecule is CC(C)[NH2+]CCCn1c(-c2ccc(Br)cc2)cn2c3ccccc3nc12. The first-order valence-corrected chi connectivity index (χ1v) is 9.98. The molecule has 0 saturated carbocycles. The molecule has 5 heteroatoms. The number of nitrogens with zero attached hydrogens (tertiary/aromatic N) is 3. The molecule has 0 aliphatic carbocycles. The van der Waals surface area contributed by atoms with Crippen LogP contribution in [-0.2, 0) is 6.54 Å². The molecule has 2 N–H and O–H groups in total. The van der Waals surface area contributed by atoms with Gasteiger partial charge in [0.2, 0.25) is 5.78 Å². The van der Waals surface area contributed by atoms with Crippen molar-refractivity contribution < 1.29 is 5.32 Å². The minimum Gasteiger partial charge on any atom is -0.344 e. The number of nitrogens with two attached hydrogens (primary N) is 1. The van der Waals surface area contributed by atoms with E-state index in [0.29, 0.717) is 6.04 Å². The minimum atomic E-state index is 0.639. The highest BCUT2D eigenvalue weighted by atomic mass is 79.9. The van der Waals surface area contributed by atoms with Crippen LogP contribution in [0.4, 0.5) is 0 Å². The van der Waals surface area contributed by atoms with E-state index in [4.69, 9.17) is 4.98 Å². The zero-order valence-electron chi connectivity index (χ0n) is 15.2. The molecule has 0 bridgehead atoms. The predicted molar refractivity (Wildman–Crippen MR) is 110 cm³/mol. The first kappa shape index (κ1) is 17.3. The standard InChI is InChI=1S/C21H23BrN4/c1-15(2)23-12-5-13-25-20(16-8-10-17(22)11-9-16)14-26-19-7-4-3-6-18(19)24-21(25)26/h3-4,6-11,14-15,23H,5,12-13H2,1-2H3/p+1. The maximum atomic E-state index is 4.90. The molecule has 2 aromatic carbocycles. The summed E-state index contributed by atoms with van der Waals surface area (Å²) in [5.74, 6) is 1.02. The molecule has 0 spiro atoms. The number of para-hydroxylation sites is 2. The van der Waals surface area contributed by atoms with Gasteiger partial charge in [0, 0.05) is 23.6 Å². The number of imidazole rings is 2. The monoisotopic (exact) mass is 411 g/mol. The average molecular weight is 412 g/mol. The Hall–Kier alpha value is -2.11. The molecule has 0 atom stereocenters. The van der Waals surface area contributed by atoms with E-state index in [-0.39, 0.29) is 0 Å². The topological polar surface area (TPSA) is 38.8 Å². The van der Waals surface area contributed by atoms with Crippen molar-refractivity contribution >= 4 is 32.7 Å². The fourth-order valence-corrected chi connectivity index (χ4v) is 3.69. The summed E-state index contributed by atoms with van der Waals surface area (Å²) in [7, 11) is 0. The lowest BCUT2D eigenvalue weighted by atomic mass is 10.1. The van der Waals surface area contributed by atoms with Gasteiger partial charge < -0.3 is 9.88 Å². The van der Waals surface area contributed by atoms with Crippen LogP contribution in [0.25, 0.3) is 28.1 Å². The van der Waals surface area contributed by atoms with Crippen molar-refractivity contribution in [3.8, 4) is 11.3 Å². The molecule has 0 fully saturated rings. The molecule has 0 unspecified atom stereocenters. The summed E-state index contributed by atoms with van der Waals surface area (Å²) in [6.07, 6.45) is 3.34. The lowest BCUT2D eigenvalue weighted by molar-refractivity contribution is -0.683. The van der Waals surface area contributed by atoms with Crippen molar-refractivity contribution in [1.29, 1.82) is 0 Å². The molecule has 0 aliphatic rings. The maximum Gasteiger partial charge on any atom is 0.215 e. The van der Waals surface area contributed by atoms with Crippen molar-refractivity contribution in [3.05, 3.63) is 59.2 Å². The molecule has 2 heterocycles. The molecular formula is C21H24BrN4+. The van der Waals surface area contributed by atoms with E-state index >= 15 is 0 Å². The molecule has 0 aliphatic heterocycles. The minimum absolute atomic E-state index is 0.639. The second kappa shape index (κ2) is 7.25. The van der Waals surface area contributed by atoms with Crippen molar-refractivity contribution in [3.63, 3.8) is 0 Å². The second-order valence-electron chi connectivity index (χ2n) is 7.07. The van der Waals surface area contributed by atoms with Gasteiger partial charge in [0.15, 0.2) is 0 Å². The Bertz CT molecular complexity index is 1030. The van der Waals surface area contributed by atoms with Gasteiger partial charge in [-0.25, -0.2) is 4.98 Å². The van der Waals surface area contributed by atoms with Gasteiger partial charge >= 0.3 is 0 Å². The van der Waals surface area contributed by atoms with Crippen molar-refractivity contribution in [2.45, 2.75) is 32.9 Å². The van der Waals surface area contributed by atoms with Gasteiger partial charge in [-0.15, -0.1) is 0 Å². The van der Waals surface area contributed by atoms with Crippen LogP contribution in [0, 0.1) is 0 Å². The summed E-state index contributed by atoms with van der Waals surface area (Å²) >= 11 is 3.53. The van der Waals surface area contributed by atoms with E-state index in [1.807, 2.05) is 6.07 Å². The smallest absolute Gasteiger partial charge is 0.215 e. The Labute approximate surface area is 162 Å². The highest BCUT2D eigenvalue weighted by molar-refractivity contribution is 9.10. The van der Waals surface area contributed by atoms with Crippen LogP contribution in [0.1, 0.15) is 20.3 Å². The van der Waals surface area contributed by atoms with Gasteiger partial charge in [0.1, 0.15) is 0 Å². The van der Waals surface area contributed by atoms with Crippen LogP contribution < -0.4 is 5.32 Å². The Kier molecular flexibility index (Phi) is 4.83. The number of benzene rings is 2. The van der Waals surface area contributed by atoms with E-state index in [1.54, 1.807) is 0 Å². The Morgan fingerprint density at radius 2 is 1.85 bits per heavy atom. The summed E-state index contributed by atoms with van der Waals surface area (Å²) in [6, 6.07) is 17.5. The molecule has 4 rings (SSSR count). The molecule has 0 amide bonds. The first-order valence-electron chi connectivity index (χ1n) is 9.19. The van der Waals surface area contributed by atoms with Gasteiger partial charge in [-0.1, -0.05) is 40.2 Å². The first-order chi connectivity index (χ1) is 12.6. The quantitative estimate of drug-likeness (QED) is 0.477. The molecule has 0 saturated heterocycles. The number of aryl methyl sites for hydroxylation is 1. The van der Waals surface area contributed by atoms with Gasteiger partial charge in [0.05, 0.1) is 29.3 Å². The average Bonchev–Trinajstić information content (AvgIpc) is 3.16. The van der Waals surface area contributed by atoms with Gasteiger partial charge in [-0.3, -0.25) is 4.40 Å². The van der Waals surface area contributed by atoms with Crippen LogP contribution in [0.3, 0.4) is 0 Å². The van der Waals surface area contributed by atoms with E-state index in [0.717, 1.165) is 40.8 Å². The number of quaternary nitrogens is 1. The van der Waals surface area contributed by atoms with E-state index in [1.165, 1.54) is 11.3 Å². The maximum absolute atomic E-state index is 4.90. The Balaban J connectivity index is 1.78. The number of fused-ring (bicyclic) bond motifs is 3. The summed E-state index contributed by atoms with van der Waals surface area (Å²) in [5.41, 5.74) is 4.65. The largest absolute Gasteiger partial charge is 0.344 e. The van der Waals surface area contributed by atoms with Gasteiger partial charge in [0.25, 0.3) is 0 Å². The number of halogens is 1. The van der Waals surface area contributed by atoms with Crippen molar-refractivity contribution in [2.24, 2.45) is 0 Å². The van der Waals surface area contributed by atoms with Gasteiger partial charge in [-0.2, -0.15) is 0 Å². The summed E-state index contributed by atoms with van der Waals surface area (Å²) < 4.78 is 5.68. The highest BCUT2D eigenvalue weighted by Crippen LogP contribution is 2.27. The number of hydrogen-bond donors (Lipinski definition) is 1. The highest BCUT2D eigenvalue weighted by Gasteiger charge is 2.15. The van der Waals surface area contributed by atoms with Crippen molar-refractivity contribution in [2.75, 3.05) is 6.54 Å². The fourth-order valence-electron chi connectivity index (χ4n) is 3.42. The normalized spacial score (nSPS) is 11.8. The van der Waals surface area contributed by atoms with Crippen LogP contribution in [0.15, 0.2) is 59.2 Å². The summed E-state index contributed by atoms with van der Waals surface area (Å²) in [5, 5.41) is 2.39. The number of rotatable bonds is 6. The molecule has 2 aromatic heterocycles. The molecular weight excluding hydrogens is 388 g/mol. The Morgan fingerprint density at radius 1 is 1.08 bits per heavy atom. The van der Waals surface area contributed by atoms with Crippen LogP contribution >= 0.6 is 15.9 Å². The predicted octanol–water partition coefficient (Wildman–Crippen LogP) is 4.08. The second-order valence-corrected chi connectivity index (χ2v) is 7.98. The molecule has 4 nitrogen and oxygen atoms in total. The van der Waals surface area contributed by atoms with Crippen LogP contribution in [0.2, 0.25) is 0 Å². The number of aromatic nitrogens is 3. The third-order valence-corrected chi connectivity index (χ3v) is 5.25. The molecule has 26 heavy (non-hydrogen) atoms. The van der Waals surface area contributed by atoms with E-state index in [9.17, 15) is 0 Å². The lowest BCUT2D eigenvalue weighted by Crippen LogP contribution is -2.88. The Morgan fingerprint density at radius 3 is 2.62 bits per heavy atom. The third-order valence-electron chi connectivity index (χ3n) is 4.72. The van der Waals surface area contributed by atoms with Crippen LogP contribution in [0.5, 0.6) is 0 Å². The van der Waals surface area contributed by atoms with Crippen LogP contribution in [-0.4, -0.2) is 26.5 Å². The lowest BCUT2D eigenvalue weighted by Gasteiger charge is -2.10. The summed E-state index contributed by atoms with van der Waals surface area (Å²) in [6.45, 7) is 6.57. The van der Waals surface area contributed by atoms with Crippen molar-refractivity contribution in [1.82, 2.24) is 14.0 Å². The molecule has 4 aromatic rings. The zero-order chi connectivity index (χ0) is 18.1. The fraction of sp³-hybridized carbons (Fsp3) is 0.286. The van der Waals surface area contributed by atoms with E-state index < -0.39 is 0 Å². The number of hydrogen-bond acceptors (Lipinski definition) is 1. The summed E-state index contributed by atoms with van der Waals surface area (Å²) in [4.78, 5) is 4.90. The van der Waals surface area contributed by atoms with E-state index in [2.05, 4.69) is 92.7 Å². The third kappa shape index (κ3) is 3.29. The van der Waals surface area contributed by atoms with Gasteiger partial charge in [-0.05, 0) is 43.7 Å². The molecule has 134 valence electrons. The molecule has 0 radical (unpaired) electrons. The zero-order valence-corrected chi connectivity index (χ0v) is 16.8.